The normalized spacial score (nSPS) is 10.6. The fourth-order valence-electron chi connectivity index (χ4n) is 2.54. The van der Waals surface area contributed by atoms with Crippen molar-refractivity contribution in [2.24, 2.45) is 5.92 Å². The third-order valence-electron chi connectivity index (χ3n) is 4.07. The van der Waals surface area contributed by atoms with Gasteiger partial charge >= 0.3 is 0 Å². The molecule has 0 saturated heterocycles. The zero-order valence-corrected chi connectivity index (χ0v) is 15.6. The molecule has 0 saturated carbocycles. The van der Waals surface area contributed by atoms with Crippen molar-refractivity contribution in [3.05, 3.63) is 65.7 Å². The molecule has 0 spiro atoms. The monoisotopic (exact) mass is 352 g/mol. The topological polar surface area (TPSA) is 58.2 Å². The summed E-state index contributed by atoms with van der Waals surface area (Å²) in [5.41, 5.74) is 3.04. The molecule has 138 valence electrons. The molecule has 4 heteroatoms. The van der Waals surface area contributed by atoms with Gasteiger partial charge in [-0.25, -0.2) is 0 Å². The summed E-state index contributed by atoms with van der Waals surface area (Å²) in [5.74, 6) is 0.551. The summed E-state index contributed by atoms with van der Waals surface area (Å²) in [4.78, 5) is 23.8. The first-order chi connectivity index (χ1) is 12.5. The Morgan fingerprint density at radius 1 is 0.808 bits per heavy atom. The van der Waals surface area contributed by atoms with Gasteiger partial charge in [-0.05, 0) is 42.0 Å². The molecule has 0 aliphatic carbocycles. The van der Waals surface area contributed by atoms with E-state index < -0.39 is 0 Å². The number of benzene rings is 2. The van der Waals surface area contributed by atoms with Gasteiger partial charge in [-0.15, -0.1) is 0 Å². The first-order valence-electron chi connectivity index (χ1n) is 9.22. The molecule has 0 aliphatic rings. The first kappa shape index (κ1) is 19.7. The van der Waals surface area contributed by atoms with Crippen LogP contribution in [0.15, 0.2) is 54.6 Å². The van der Waals surface area contributed by atoms with E-state index in [9.17, 15) is 9.59 Å². The Labute approximate surface area is 156 Å². The third-order valence-corrected chi connectivity index (χ3v) is 4.07. The molecule has 2 N–H and O–H groups in total. The van der Waals surface area contributed by atoms with Crippen molar-refractivity contribution in [3.8, 4) is 0 Å². The number of amides is 2. The maximum atomic E-state index is 12.0. The van der Waals surface area contributed by atoms with Crippen LogP contribution in [0.3, 0.4) is 0 Å². The summed E-state index contributed by atoms with van der Waals surface area (Å²) < 4.78 is 0. The predicted octanol–water partition coefficient (Wildman–Crippen LogP) is 3.96. The van der Waals surface area contributed by atoms with Gasteiger partial charge in [0.2, 0.25) is 11.8 Å². The molecular formula is C22H28N2O2. The summed E-state index contributed by atoms with van der Waals surface area (Å²) in [7, 11) is 0. The standard InChI is InChI=1S/C22H28N2O2/c1-17(2)16-23-21(25)14-10-19-8-12-20(13-9-19)24-22(26)15-11-18-6-4-3-5-7-18/h3-9,12-13,17H,10-11,14-16H2,1-2H3,(H,23,25)(H,24,26). The van der Waals surface area contributed by atoms with E-state index in [0.29, 0.717) is 31.7 Å². The van der Waals surface area contributed by atoms with Crippen molar-refractivity contribution in [1.29, 1.82) is 0 Å². The van der Waals surface area contributed by atoms with Crippen molar-refractivity contribution < 1.29 is 9.59 Å². The summed E-state index contributed by atoms with van der Waals surface area (Å²) in [6, 6.07) is 17.7. The smallest absolute Gasteiger partial charge is 0.224 e. The lowest BCUT2D eigenvalue weighted by Crippen LogP contribution is -2.27. The molecule has 4 nitrogen and oxygen atoms in total. The third kappa shape index (κ3) is 7.51. The highest BCUT2D eigenvalue weighted by atomic mass is 16.2. The zero-order valence-electron chi connectivity index (χ0n) is 15.6. The average molecular weight is 352 g/mol. The number of carbonyl (C=O) groups is 2. The lowest BCUT2D eigenvalue weighted by atomic mass is 10.1. The zero-order chi connectivity index (χ0) is 18.8. The van der Waals surface area contributed by atoms with E-state index in [1.165, 1.54) is 0 Å². The highest BCUT2D eigenvalue weighted by molar-refractivity contribution is 5.90. The summed E-state index contributed by atoms with van der Waals surface area (Å²) >= 11 is 0. The highest BCUT2D eigenvalue weighted by Gasteiger charge is 2.05. The number of hydrogen-bond acceptors (Lipinski definition) is 2. The largest absolute Gasteiger partial charge is 0.356 e. The van der Waals surface area contributed by atoms with Gasteiger partial charge in [0.05, 0.1) is 0 Å². The molecule has 2 amide bonds. The van der Waals surface area contributed by atoms with Crippen molar-refractivity contribution in [1.82, 2.24) is 5.32 Å². The molecule has 0 radical (unpaired) electrons. The van der Waals surface area contributed by atoms with E-state index in [-0.39, 0.29) is 11.8 Å². The quantitative estimate of drug-likeness (QED) is 0.717. The van der Waals surface area contributed by atoms with Gasteiger partial charge in [0.1, 0.15) is 0 Å². The molecule has 0 aromatic heterocycles. The van der Waals surface area contributed by atoms with Crippen LogP contribution in [-0.4, -0.2) is 18.4 Å². The van der Waals surface area contributed by atoms with Crippen LogP contribution in [0.25, 0.3) is 0 Å². The highest BCUT2D eigenvalue weighted by Crippen LogP contribution is 2.12. The van der Waals surface area contributed by atoms with E-state index in [2.05, 4.69) is 24.5 Å². The molecule has 0 unspecified atom stereocenters. The lowest BCUT2D eigenvalue weighted by Gasteiger charge is -2.08. The summed E-state index contributed by atoms with van der Waals surface area (Å²) in [6.45, 7) is 4.87. The fraction of sp³-hybridized carbons (Fsp3) is 0.364. The molecule has 26 heavy (non-hydrogen) atoms. The van der Waals surface area contributed by atoms with Crippen molar-refractivity contribution in [2.45, 2.75) is 39.5 Å². The number of anilines is 1. The number of carbonyl (C=O) groups excluding carboxylic acids is 2. The Balaban J connectivity index is 1.72. The maximum Gasteiger partial charge on any atom is 0.224 e. The average Bonchev–Trinajstić information content (AvgIpc) is 2.65. The van der Waals surface area contributed by atoms with Gasteiger partial charge in [0.15, 0.2) is 0 Å². The minimum atomic E-state index is 0.00895. The van der Waals surface area contributed by atoms with Crippen molar-refractivity contribution in [2.75, 3.05) is 11.9 Å². The summed E-state index contributed by atoms with van der Waals surface area (Å²) in [5, 5.41) is 5.84. The van der Waals surface area contributed by atoms with E-state index in [4.69, 9.17) is 0 Å². The number of hydrogen-bond donors (Lipinski definition) is 2. The molecule has 0 fully saturated rings. The SMILES string of the molecule is CC(C)CNC(=O)CCc1ccc(NC(=O)CCc2ccccc2)cc1. The Hall–Kier alpha value is -2.62. The van der Waals surface area contributed by atoms with Crippen LogP contribution in [0.4, 0.5) is 5.69 Å². The van der Waals surface area contributed by atoms with Gasteiger partial charge in [-0.2, -0.15) is 0 Å². The van der Waals surface area contributed by atoms with Crippen molar-refractivity contribution >= 4 is 17.5 Å². The van der Waals surface area contributed by atoms with Crippen LogP contribution in [0.5, 0.6) is 0 Å². The number of aryl methyl sites for hydroxylation is 2. The van der Waals surface area contributed by atoms with Gasteiger partial charge in [0, 0.05) is 25.1 Å². The van der Waals surface area contributed by atoms with Crippen LogP contribution in [-0.2, 0) is 22.4 Å². The van der Waals surface area contributed by atoms with Crippen LogP contribution < -0.4 is 10.6 Å². The molecule has 0 bridgehead atoms. The Kier molecular flexibility index (Phi) is 7.87. The maximum absolute atomic E-state index is 12.0. The number of nitrogens with one attached hydrogen (secondary N) is 2. The van der Waals surface area contributed by atoms with Gasteiger partial charge in [-0.3, -0.25) is 9.59 Å². The first-order valence-corrected chi connectivity index (χ1v) is 9.22. The Morgan fingerprint density at radius 2 is 1.38 bits per heavy atom. The van der Waals surface area contributed by atoms with Crippen LogP contribution in [0, 0.1) is 5.92 Å². The second kappa shape index (κ2) is 10.4. The van der Waals surface area contributed by atoms with Crippen LogP contribution >= 0.6 is 0 Å². The van der Waals surface area contributed by atoms with Gasteiger partial charge < -0.3 is 10.6 Å². The Bertz CT molecular complexity index is 694. The minimum absolute atomic E-state index is 0.00895. The van der Waals surface area contributed by atoms with Gasteiger partial charge in [0.25, 0.3) is 0 Å². The van der Waals surface area contributed by atoms with Gasteiger partial charge in [-0.1, -0.05) is 56.3 Å². The number of rotatable bonds is 9. The van der Waals surface area contributed by atoms with Crippen LogP contribution in [0.1, 0.15) is 37.8 Å². The fourth-order valence-corrected chi connectivity index (χ4v) is 2.54. The molecule has 2 aromatic carbocycles. The Morgan fingerprint density at radius 3 is 2.00 bits per heavy atom. The second-order valence-electron chi connectivity index (χ2n) is 6.93. The van der Waals surface area contributed by atoms with E-state index in [1.807, 2.05) is 54.6 Å². The molecule has 0 aliphatic heterocycles. The van der Waals surface area contributed by atoms with E-state index in [1.54, 1.807) is 0 Å². The van der Waals surface area contributed by atoms with E-state index >= 15 is 0 Å². The lowest BCUT2D eigenvalue weighted by molar-refractivity contribution is -0.121. The summed E-state index contributed by atoms with van der Waals surface area (Å²) in [6.07, 6.45) is 2.37. The van der Waals surface area contributed by atoms with E-state index in [0.717, 1.165) is 23.2 Å². The molecule has 2 rings (SSSR count). The molecule has 0 heterocycles. The van der Waals surface area contributed by atoms with Crippen LogP contribution in [0.2, 0.25) is 0 Å². The minimum Gasteiger partial charge on any atom is -0.356 e. The molecule has 0 atom stereocenters. The molecular weight excluding hydrogens is 324 g/mol. The molecule has 2 aromatic rings. The van der Waals surface area contributed by atoms with Crippen molar-refractivity contribution in [3.63, 3.8) is 0 Å². The second-order valence-corrected chi connectivity index (χ2v) is 6.93. The predicted molar refractivity (Wildman–Crippen MR) is 106 cm³/mol.